The van der Waals surface area contributed by atoms with Crippen LogP contribution in [0, 0.1) is 24.2 Å². The minimum Gasteiger partial charge on any atom is -0.461 e. The van der Waals surface area contributed by atoms with E-state index in [4.69, 9.17) is 21.0 Å². The lowest BCUT2D eigenvalue weighted by Crippen LogP contribution is -2.45. The molecule has 0 saturated carbocycles. The summed E-state index contributed by atoms with van der Waals surface area (Å²) in [5.74, 6) is -1.40. The number of rotatable bonds is 7. The number of benzene rings is 2. The fourth-order valence-corrected chi connectivity index (χ4v) is 5.63. The molecule has 2 aliphatic heterocycles. The van der Waals surface area contributed by atoms with E-state index in [1.807, 2.05) is 19.1 Å². The van der Waals surface area contributed by atoms with Gasteiger partial charge in [0.1, 0.15) is 23.2 Å². The number of carbonyl (C=O) groups excluding carboxylic acids is 3. The number of aryl methyl sites for hydroxylation is 1. The summed E-state index contributed by atoms with van der Waals surface area (Å²) in [5.41, 5.74) is 1.49. The average Bonchev–Trinajstić information content (AvgIpc) is 3.59. The van der Waals surface area contributed by atoms with Gasteiger partial charge >= 0.3 is 0 Å². The van der Waals surface area contributed by atoms with E-state index in [0.717, 1.165) is 36.8 Å². The fourth-order valence-electron chi connectivity index (χ4n) is 5.40. The maximum Gasteiger partial charge on any atom is 0.247 e. The Labute approximate surface area is 243 Å². The van der Waals surface area contributed by atoms with Crippen molar-refractivity contribution in [3.05, 3.63) is 64.9 Å². The molecule has 9 nitrogen and oxygen atoms in total. The van der Waals surface area contributed by atoms with Crippen molar-refractivity contribution < 1.29 is 18.8 Å². The molecule has 5 rings (SSSR count). The van der Waals surface area contributed by atoms with Crippen molar-refractivity contribution >= 4 is 51.7 Å². The predicted molar refractivity (Wildman–Crippen MR) is 157 cm³/mol. The Kier molecular flexibility index (Phi) is 8.70. The fraction of sp³-hybridized carbons (Fsp3) is 0.387. The first-order valence-electron chi connectivity index (χ1n) is 13.9. The molecule has 2 saturated heterocycles. The van der Waals surface area contributed by atoms with Gasteiger partial charge in [0.2, 0.25) is 11.8 Å². The van der Waals surface area contributed by atoms with Gasteiger partial charge < -0.3 is 19.5 Å². The summed E-state index contributed by atoms with van der Waals surface area (Å²) in [6, 6.07) is 15.1. The van der Waals surface area contributed by atoms with Crippen molar-refractivity contribution in [3.8, 4) is 6.07 Å². The molecule has 0 bridgehead atoms. The Morgan fingerprint density at radius 3 is 2.63 bits per heavy atom. The second kappa shape index (κ2) is 12.6. The van der Waals surface area contributed by atoms with Crippen LogP contribution in [0.2, 0.25) is 5.02 Å². The maximum atomic E-state index is 13.7. The zero-order valence-electron chi connectivity index (χ0n) is 22.9. The van der Waals surface area contributed by atoms with Gasteiger partial charge in [0.05, 0.1) is 17.6 Å². The number of amidine groups is 1. The molecule has 0 aliphatic carbocycles. The summed E-state index contributed by atoms with van der Waals surface area (Å²) in [6.07, 6.45) is 3.85. The lowest BCUT2D eigenvalue weighted by atomic mass is 9.96. The highest BCUT2D eigenvalue weighted by Gasteiger charge is 2.33. The highest BCUT2D eigenvalue weighted by molar-refractivity contribution is 6.35. The smallest absolute Gasteiger partial charge is 0.247 e. The zero-order valence-corrected chi connectivity index (χ0v) is 23.7. The number of furan rings is 1. The van der Waals surface area contributed by atoms with Gasteiger partial charge in [-0.2, -0.15) is 5.26 Å². The lowest BCUT2D eigenvalue weighted by molar-refractivity contribution is -0.140. The second-order valence-electron chi connectivity index (χ2n) is 10.5. The molecule has 1 N–H and O–H groups in total. The largest absolute Gasteiger partial charge is 0.461 e. The first-order valence-corrected chi connectivity index (χ1v) is 14.3. The van der Waals surface area contributed by atoms with Crippen molar-refractivity contribution in [2.24, 2.45) is 10.9 Å². The number of halogens is 1. The van der Waals surface area contributed by atoms with Gasteiger partial charge in [0.15, 0.2) is 11.7 Å². The van der Waals surface area contributed by atoms with Gasteiger partial charge in [-0.15, -0.1) is 0 Å². The van der Waals surface area contributed by atoms with Crippen molar-refractivity contribution in [2.75, 3.05) is 31.5 Å². The molecular formula is C31H32ClN5O4. The van der Waals surface area contributed by atoms with Gasteiger partial charge in [-0.25, -0.2) is 0 Å². The summed E-state index contributed by atoms with van der Waals surface area (Å²) in [5, 5.41) is 14.5. The van der Waals surface area contributed by atoms with Gasteiger partial charge in [0.25, 0.3) is 0 Å². The third-order valence-corrected chi connectivity index (χ3v) is 7.88. The molecule has 1 aromatic heterocycles. The van der Waals surface area contributed by atoms with E-state index in [1.54, 1.807) is 46.2 Å². The van der Waals surface area contributed by atoms with Crippen molar-refractivity contribution in [2.45, 2.75) is 45.1 Å². The number of ketones is 1. The van der Waals surface area contributed by atoms with E-state index in [0.29, 0.717) is 37.3 Å². The molecule has 41 heavy (non-hydrogen) atoms. The standard InChI is InChI=1S/C31H32ClN5O4/c1-20-16-21-17-22(11-12-27(21)41-20)34-30(24(18-33)29(39)23-8-2-3-9-25(23)32)35-26-10-4-5-15-37(31(26)40)19-28(38)36-13-6-7-14-36/h2-3,8-9,11-12,16-17,24,26H,4-7,10,13-15,19H2,1H3,(H,34,35)/t24?,26-/m0/s1. The monoisotopic (exact) mass is 573 g/mol. The molecule has 1 unspecified atom stereocenters. The zero-order chi connectivity index (χ0) is 28.9. The molecule has 2 atom stereocenters. The number of carbonyl (C=O) groups is 3. The third-order valence-electron chi connectivity index (χ3n) is 7.55. The highest BCUT2D eigenvalue weighted by Crippen LogP contribution is 2.26. The molecule has 10 heteroatoms. The van der Waals surface area contributed by atoms with E-state index in [9.17, 15) is 19.6 Å². The maximum absolute atomic E-state index is 13.7. The predicted octanol–water partition coefficient (Wildman–Crippen LogP) is 5.23. The van der Waals surface area contributed by atoms with E-state index in [-0.39, 0.29) is 34.8 Å². The van der Waals surface area contributed by atoms with Gasteiger partial charge in [-0.1, -0.05) is 23.7 Å². The third kappa shape index (κ3) is 6.44. The van der Waals surface area contributed by atoms with Crippen LogP contribution in [0.3, 0.4) is 0 Å². The van der Waals surface area contributed by atoms with Crippen LogP contribution in [-0.2, 0) is 9.59 Å². The van der Waals surface area contributed by atoms with Gasteiger partial charge in [-0.05, 0) is 75.4 Å². The Morgan fingerprint density at radius 2 is 1.88 bits per heavy atom. The van der Waals surface area contributed by atoms with Crippen LogP contribution in [0.5, 0.6) is 0 Å². The number of hydrogen-bond donors (Lipinski definition) is 1. The average molecular weight is 574 g/mol. The highest BCUT2D eigenvalue weighted by atomic mass is 35.5. The molecular weight excluding hydrogens is 542 g/mol. The second-order valence-corrected chi connectivity index (χ2v) is 10.9. The summed E-state index contributed by atoms with van der Waals surface area (Å²) in [6.45, 7) is 3.75. The topological polar surface area (TPSA) is 119 Å². The summed E-state index contributed by atoms with van der Waals surface area (Å²) in [4.78, 5) is 48.3. The lowest BCUT2D eigenvalue weighted by Gasteiger charge is -2.25. The number of amides is 2. The number of nitriles is 1. The number of nitrogens with zero attached hydrogens (tertiary/aromatic N) is 4. The van der Waals surface area contributed by atoms with Crippen molar-refractivity contribution in [1.82, 2.24) is 9.80 Å². The van der Waals surface area contributed by atoms with Crippen LogP contribution in [0.1, 0.15) is 48.2 Å². The number of anilines is 1. The molecule has 0 radical (unpaired) electrons. The summed E-state index contributed by atoms with van der Waals surface area (Å²) in [7, 11) is 0. The first kappa shape index (κ1) is 28.4. The molecule has 3 heterocycles. The first-order chi connectivity index (χ1) is 19.8. The molecule has 2 aromatic carbocycles. The minimum atomic E-state index is -1.34. The molecule has 212 valence electrons. The number of hydrogen-bond acceptors (Lipinski definition) is 6. The van der Waals surface area contributed by atoms with Crippen LogP contribution in [0.25, 0.3) is 11.0 Å². The van der Waals surface area contributed by atoms with Crippen molar-refractivity contribution in [3.63, 3.8) is 0 Å². The molecule has 2 amide bonds. The quantitative estimate of drug-likeness (QED) is 0.235. The van der Waals surface area contributed by atoms with Crippen LogP contribution < -0.4 is 5.32 Å². The number of nitrogens with one attached hydrogen (secondary N) is 1. The molecule has 2 aliphatic rings. The SMILES string of the molecule is Cc1cc2cc(NC(=N[C@H]3CCCCN(CC(=O)N4CCCC4)C3=O)C(C#N)C(=O)c3ccccc3Cl)ccc2o1. The molecule has 2 fully saturated rings. The van der Waals surface area contributed by atoms with Gasteiger partial charge in [-0.3, -0.25) is 19.4 Å². The Bertz CT molecular complexity index is 1530. The summed E-state index contributed by atoms with van der Waals surface area (Å²) < 4.78 is 5.68. The normalized spacial score (nSPS) is 18.7. The molecule has 3 aromatic rings. The van der Waals surface area contributed by atoms with E-state index in [2.05, 4.69) is 11.4 Å². The summed E-state index contributed by atoms with van der Waals surface area (Å²) >= 11 is 6.31. The Morgan fingerprint density at radius 1 is 1.12 bits per heavy atom. The van der Waals surface area contributed by atoms with Gasteiger partial charge in [0, 0.05) is 36.3 Å². The number of Topliss-reactive ketones (excluding diaryl/α,β-unsaturated/α-hetero) is 1. The van der Waals surface area contributed by atoms with E-state index >= 15 is 0 Å². The van der Waals surface area contributed by atoms with E-state index in [1.165, 1.54) is 0 Å². The van der Waals surface area contributed by atoms with Crippen LogP contribution in [0.4, 0.5) is 5.69 Å². The van der Waals surface area contributed by atoms with Crippen LogP contribution >= 0.6 is 11.6 Å². The Hall–Kier alpha value is -4.16. The van der Waals surface area contributed by atoms with Crippen molar-refractivity contribution in [1.29, 1.82) is 5.26 Å². The van der Waals surface area contributed by atoms with Crippen LogP contribution in [0.15, 0.2) is 57.9 Å². The minimum absolute atomic E-state index is 0.00432. The Balaban J connectivity index is 1.48. The molecule has 0 spiro atoms. The number of likely N-dealkylation sites (tertiary alicyclic amines) is 2. The number of aliphatic imine (C=N–C) groups is 1. The van der Waals surface area contributed by atoms with E-state index < -0.39 is 17.7 Å². The van der Waals surface area contributed by atoms with Crippen LogP contribution in [-0.4, -0.2) is 65.5 Å². The number of fused-ring (bicyclic) bond motifs is 1.